The molecule has 0 saturated heterocycles. The lowest BCUT2D eigenvalue weighted by atomic mass is 10.1. The Kier molecular flexibility index (Phi) is 4.83. The van der Waals surface area contributed by atoms with Gasteiger partial charge in [-0.05, 0) is 36.3 Å². The minimum absolute atomic E-state index is 0.0603. The quantitative estimate of drug-likeness (QED) is 0.827. The van der Waals surface area contributed by atoms with E-state index in [2.05, 4.69) is 10.1 Å². The highest BCUT2D eigenvalue weighted by Gasteiger charge is 2.25. The van der Waals surface area contributed by atoms with Crippen LogP contribution < -0.4 is 10.1 Å². The van der Waals surface area contributed by atoms with E-state index in [4.69, 9.17) is 0 Å². The zero-order chi connectivity index (χ0) is 17.8. The van der Waals surface area contributed by atoms with Gasteiger partial charge in [0.1, 0.15) is 5.75 Å². The van der Waals surface area contributed by atoms with Gasteiger partial charge in [-0.2, -0.15) is 8.78 Å². The fraction of sp³-hybridized carbons (Fsp3) is 0.167. The van der Waals surface area contributed by atoms with Gasteiger partial charge in [-0.3, -0.25) is 0 Å². The third-order valence-corrected chi connectivity index (χ3v) is 3.72. The lowest BCUT2D eigenvalue weighted by molar-refractivity contribution is -0.134. The summed E-state index contributed by atoms with van der Waals surface area (Å²) in [6.07, 6.45) is 9.80. The number of nitrogens with one attached hydrogen (secondary N) is 1. The van der Waals surface area contributed by atoms with Crippen LogP contribution in [0.5, 0.6) is 5.75 Å². The minimum Gasteiger partial charge on any atom is -0.476 e. The summed E-state index contributed by atoms with van der Waals surface area (Å²) in [6.45, 7) is -2.62. The molecule has 0 aliphatic carbocycles. The van der Waals surface area contributed by atoms with Crippen molar-refractivity contribution < 1.29 is 23.4 Å². The molecule has 7 heteroatoms. The summed E-state index contributed by atoms with van der Waals surface area (Å²) in [5.41, 5.74) is 2.05. The van der Waals surface area contributed by atoms with Crippen molar-refractivity contribution in [1.29, 1.82) is 0 Å². The van der Waals surface area contributed by atoms with Crippen LogP contribution >= 0.6 is 0 Å². The highest BCUT2D eigenvalue weighted by molar-refractivity contribution is 5.89. The Labute approximate surface area is 143 Å². The lowest BCUT2D eigenvalue weighted by Crippen LogP contribution is -2.30. The fourth-order valence-corrected chi connectivity index (χ4v) is 2.66. The standard InChI is InChI=1S/C18H16F2N2O3/c19-18(20)25-14-6-3-4-12(10-14)11-21-15-8-7-13-5-1-2-9-22(13)16(15)17(23)24/h2-10,18,21H,1,11H2,(H,23,24). The molecule has 0 aromatic heterocycles. The molecule has 2 heterocycles. The zero-order valence-corrected chi connectivity index (χ0v) is 13.2. The van der Waals surface area contributed by atoms with E-state index >= 15 is 0 Å². The van der Waals surface area contributed by atoms with Crippen LogP contribution in [0.15, 0.2) is 71.9 Å². The van der Waals surface area contributed by atoms with Crippen LogP contribution in [0, 0.1) is 0 Å². The molecule has 0 atom stereocenters. The molecular formula is C18H16F2N2O3. The van der Waals surface area contributed by atoms with Crippen LogP contribution in [0.4, 0.5) is 8.78 Å². The van der Waals surface area contributed by atoms with Crippen LogP contribution in [0.25, 0.3) is 0 Å². The third-order valence-electron chi connectivity index (χ3n) is 3.72. The summed E-state index contributed by atoms with van der Waals surface area (Å²) in [5.74, 6) is -0.996. The van der Waals surface area contributed by atoms with E-state index in [0.29, 0.717) is 11.3 Å². The van der Waals surface area contributed by atoms with Crippen molar-refractivity contribution in [3.63, 3.8) is 0 Å². The number of halogens is 2. The number of allylic oxidation sites excluding steroid dienone is 4. The first-order valence-corrected chi connectivity index (χ1v) is 7.64. The van der Waals surface area contributed by atoms with Crippen molar-refractivity contribution in [3.8, 4) is 5.75 Å². The first kappa shape index (κ1) is 16.8. The normalized spacial score (nSPS) is 16.0. The van der Waals surface area contributed by atoms with Crippen molar-refractivity contribution in [3.05, 3.63) is 77.4 Å². The zero-order valence-electron chi connectivity index (χ0n) is 13.2. The molecular weight excluding hydrogens is 330 g/mol. The number of aliphatic carboxylic acids is 1. The average molecular weight is 346 g/mol. The second kappa shape index (κ2) is 7.21. The number of fused-ring (bicyclic) bond motifs is 1. The van der Waals surface area contributed by atoms with Gasteiger partial charge in [-0.25, -0.2) is 4.79 Å². The smallest absolute Gasteiger partial charge is 0.387 e. The SMILES string of the molecule is O=C(O)C1=C(NCc2cccc(OC(F)F)c2)C=CC2=CCC=CN21. The number of rotatable bonds is 6. The van der Waals surface area contributed by atoms with E-state index in [9.17, 15) is 18.7 Å². The molecule has 0 unspecified atom stereocenters. The van der Waals surface area contributed by atoms with Gasteiger partial charge in [0.2, 0.25) is 0 Å². The summed E-state index contributed by atoms with van der Waals surface area (Å²) >= 11 is 0. The Hall–Kier alpha value is -3.09. The van der Waals surface area contributed by atoms with Gasteiger partial charge < -0.3 is 20.1 Å². The Morgan fingerprint density at radius 3 is 2.96 bits per heavy atom. The minimum atomic E-state index is -2.89. The summed E-state index contributed by atoms with van der Waals surface area (Å²) in [5, 5.41) is 12.6. The molecule has 25 heavy (non-hydrogen) atoms. The van der Waals surface area contributed by atoms with Crippen molar-refractivity contribution in [1.82, 2.24) is 10.2 Å². The summed E-state index contributed by atoms with van der Waals surface area (Å²) in [4.78, 5) is 13.3. The predicted octanol–water partition coefficient (Wildman–Crippen LogP) is 3.35. The number of carboxylic acids is 1. The summed E-state index contributed by atoms with van der Waals surface area (Å²) in [7, 11) is 0. The Balaban J connectivity index is 1.78. The number of benzene rings is 1. The molecule has 0 radical (unpaired) electrons. The Morgan fingerprint density at radius 2 is 2.20 bits per heavy atom. The second-order valence-corrected chi connectivity index (χ2v) is 5.40. The highest BCUT2D eigenvalue weighted by Crippen LogP contribution is 2.27. The molecule has 2 aliphatic heterocycles. The van der Waals surface area contributed by atoms with Crippen molar-refractivity contribution >= 4 is 5.97 Å². The molecule has 130 valence electrons. The van der Waals surface area contributed by atoms with Crippen LogP contribution in [0.3, 0.4) is 0 Å². The largest absolute Gasteiger partial charge is 0.476 e. The number of carbonyl (C=O) groups is 1. The van der Waals surface area contributed by atoms with Crippen LogP contribution in [0.1, 0.15) is 12.0 Å². The van der Waals surface area contributed by atoms with Gasteiger partial charge in [0, 0.05) is 18.4 Å². The lowest BCUT2D eigenvalue weighted by Gasteiger charge is -2.29. The molecule has 1 aromatic rings. The number of alkyl halides is 2. The van der Waals surface area contributed by atoms with E-state index in [1.165, 1.54) is 12.1 Å². The molecule has 1 aromatic carbocycles. The van der Waals surface area contributed by atoms with E-state index < -0.39 is 12.6 Å². The first-order valence-electron chi connectivity index (χ1n) is 7.64. The average Bonchev–Trinajstić information content (AvgIpc) is 2.59. The second-order valence-electron chi connectivity index (χ2n) is 5.40. The molecule has 0 spiro atoms. The predicted molar refractivity (Wildman–Crippen MR) is 87.4 cm³/mol. The Morgan fingerprint density at radius 1 is 1.36 bits per heavy atom. The van der Waals surface area contributed by atoms with Gasteiger partial charge in [0.25, 0.3) is 0 Å². The van der Waals surface area contributed by atoms with E-state index in [1.807, 2.05) is 18.2 Å². The molecule has 0 amide bonds. The van der Waals surface area contributed by atoms with Crippen LogP contribution in [0.2, 0.25) is 0 Å². The number of nitrogens with zero attached hydrogens (tertiary/aromatic N) is 1. The molecule has 3 rings (SSSR count). The number of hydrogen-bond acceptors (Lipinski definition) is 4. The first-order chi connectivity index (χ1) is 12.0. The van der Waals surface area contributed by atoms with E-state index in [0.717, 1.165) is 12.1 Å². The third kappa shape index (κ3) is 3.88. The molecule has 0 bridgehead atoms. The molecule has 2 aliphatic rings. The van der Waals surface area contributed by atoms with Crippen molar-refractivity contribution in [2.75, 3.05) is 0 Å². The van der Waals surface area contributed by atoms with Gasteiger partial charge in [-0.1, -0.05) is 24.3 Å². The monoisotopic (exact) mass is 346 g/mol. The molecule has 0 fully saturated rings. The van der Waals surface area contributed by atoms with Crippen LogP contribution in [-0.2, 0) is 11.3 Å². The summed E-state index contributed by atoms with van der Waals surface area (Å²) in [6, 6.07) is 6.27. The topological polar surface area (TPSA) is 61.8 Å². The fourth-order valence-electron chi connectivity index (χ4n) is 2.66. The number of ether oxygens (including phenoxy) is 1. The van der Waals surface area contributed by atoms with Crippen molar-refractivity contribution in [2.24, 2.45) is 0 Å². The van der Waals surface area contributed by atoms with Gasteiger partial charge in [-0.15, -0.1) is 0 Å². The van der Waals surface area contributed by atoms with Crippen molar-refractivity contribution in [2.45, 2.75) is 19.6 Å². The maximum atomic E-state index is 12.3. The van der Waals surface area contributed by atoms with Gasteiger partial charge in [0.05, 0.1) is 5.70 Å². The Bertz CT molecular complexity index is 797. The summed E-state index contributed by atoms with van der Waals surface area (Å²) < 4.78 is 29.0. The molecule has 0 saturated carbocycles. The van der Waals surface area contributed by atoms with Gasteiger partial charge in [0.15, 0.2) is 5.70 Å². The van der Waals surface area contributed by atoms with Crippen LogP contribution in [-0.4, -0.2) is 22.6 Å². The molecule has 5 nitrogen and oxygen atoms in total. The number of hydrogen-bond donors (Lipinski definition) is 2. The maximum Gasteiger partial charge on any atom is 0.387 e. The van der Waals surface area contributed by atoms with Gasteiger partial charge >= 0.3 is 12.6 Å². The van der Waals surface area contributed by atoms with E-state index in [1.54, 1.807) is 29.3 Å². The van der Waals surface area contributed by atoms with E-state index in [-0.39, 0.29) is 18.0 Å². The number of carboxylic acid groups (broad SMARTS) is 1. The highest BCUT2D eigenvalue weighted by atomic mass is 19.3. The maximum absolute atomic E-state index is 12.3. The molecule has 2 N–H and O–H groups in total.